The van der Waals surface area contributed by atoms with Gasteiger partial charge in [0.15, 0.2) is 8.32 Å². The highest BCUT2D eigenvalue weighted by Gasteiger charge is 2.41. The third-order valence-electron chi connectivity index (χ3n) is 5.57. The Bertz CT molecular complexity index is 790. The lowest BCUT2D eigenvalue weighted by Crippen LogP contribution is -2.52. The number of ether oxygens (including phenoxy) is 2. The molecule has 1 unspecified atom stereocenters. The van der Waals surface area contributed by atoms with Crippen LogP contribution < -0.4 is 10.6 Å². The van der Waals surface area contributed by atoms with Crippen molar-refractivity contribution < 1.29 is 38.2 Å². The fraction of sp³-hybridized carbons (Fsp3) is 0.783. The summed E-state index contributed by atoms with van der Waals surface area (Å²) in [6.07, 6.45) is -1.03. The number of nitrogens with zero attached hydrogens (tertiary/aromatic N) is 1. The Kier molecular flexibility index (Phi) is 13.1. The Balaban J connectivity index is 4.75. The number of unbranched alkanes of at least 4 members (excludes halogenated alkanes) is 3. The number of carbonyl (C=O) groups is 4. The van der Waals surface area contributed by atoms with Crippen LogP contribution in [0.5, 0.6) is 0 Å². The van der Waals surface area contributed by atoms with Crippen LogP contribution in [0.25, 0.3) is 0 Å². The Morgan fingerprint density at radius 2 is 1.56 bits per heavy atom. The van der Waals surface area contributed by atoms with E-state index in [9.17, 15) is 19.2 Å². The van der Waals surface area contributed by atoms with Gasteiger partial charge < -0.3 is 24.3 Å². The van der Waals surface area contributed by atoms with Crippen molar-refractivity contribution in [1.29, 1.82) is 5.41 Å². The molecule has 0 aromatic carbocycles. The first-order valence-corrected chi connectivity index (χ1v) is 14.9. The molecule has 0 saturated carbocycles. The molecular weight excluding hydrogens is 488 g/mol. The summed E-state index contributed by atoms with van der Waals surface area (Å²) in [5, 5.41) is 21.0. The molecule has 12 nitrogen and oxygen atoms in total. The lowest BCUT2D eigenvalue weighted by Gasteiger charge is -2.38. The number of methoxy groups -OCH3 is 1. The topological polar surface area (TPSA) is 167 Å². The highest BCUT2D eigenvalue weighted by atomic mass is 28.4. The van der Waals surface area contributed by atoms with E-state index >= 15 is 0 Å². The summed E-state index contributed by atoms with van der Waals surface area (Å²) in [5.41, 5.74) is -0.803. The molecule has 0 saturated heterocycles. The minimum atomic E-state index is -2.33. The molecule has 208 valence electrons. The summed E-state index contributed by atoms with van der Waals surface area (Å²) in [7, 11) is -1.10. The summed E-state index contributed by atoms with van der Waals surface area (Å²) in [5.74, 6) is -1.59. The molecule has 0 rings (SSSR count). The molecule has 3 amide bonds. The first kappa shape index (κ1) is 33.3. The molecule has 0 aromatic heterocycles. The Labute approximate surface area is 215 Å². The van der Waals surface area contributed by atoms with Crippen LogP contribution in [-0.4, -0.2) is 73.8 Å². The number of guanidine groups is 1. The van der Waals surface area contributed by atoms with E-state index in [1.54, 1.807) is 20.8 Å². The zero-order chi connectivity index (χ0) is 28.3. The molecule has 0 spiro atoms. The molecule has 0 aliphatic heterocycles. The Morgan fingerprint density at radius 1 is 1.00 bits per heavy atom. The maximum absolute atomic E-state index is 12.4. The monoisotopic (exact) mass is 532 g/mol. The van der Waals surface area contributed by atoms with Gasteiger partial charge in [-0.2, -0.15) is 0 Å². The summed E-state index contributed by atoms with van der Waals surface area (Å²) >= 11 is 0. The van der Waals surface area contributed by atoms with Crippen molar-refractivity contribution in [2.75, 3.05) is 13.7 Å². The molecule has 1 atom stereocenters. The molecule has 0 aliphatic rings. The molecule has 0 fully saturated rings. The SMILES string of the molecule is COC(=O)C(NC(=O)CCCCCCN(C(=N)NC(=O)O)C(=O)OC(C)(C)C)O[Si](C)(C)C(C)(C)C. The lowest BCUT2D eigenvalue weighted by molar-refractivity contribution is -0.153. The molecule has 0 aromatic rings. The Hall–Kier alpha value is -2.67. The van der Waals surface area contributed by atoms with Crippen molar-refractivity contribution in [3.05, 3.63) is 0 Å². The number of carboxylic acid groups (broad SMARTS) is 1. The van der Waals surface area contributed by atoms with E-state index < -0.39 is 44.3 Å². The first-order chi connectivity index (χ1) is 16.3. The van der Waals surface area contributed by atoms with E-state index in [1.807, 2.05) is 39.2 Å². The molecule has 4 N–H and O–H groups in total. The third-order valence-corrected chi connectivity index (χ3v) is 10.0. The zero-order valence-corrected chi connectivity index (χ0v) is 24.1. The molecule has 36 heavy (non-hydrogen) atoms. The lowest BCUT2D eigenvalue weighted by atomic mass is 10.1. The van der Waals surface area contributed by atoms with Gasteiger partial charge in [0.05, 0.1) is 7.11 Å². The van der Waals surface area contributed by atoms with Gasteiger partial charge in [-0.25, -0.2) is 19.3 Å². The van der Waals surface area contributed by atoms with Gasteiger partial charge in [0.25, 0.3) is 0 Å². The van der Waals surface area contributed by atoms with Gasteiger partial charge in [0.1, 0.15) is 5.60 Å². The molecule has 0 aliphatic carbocycles. The number of esters is 1. The number of nitrogens with one attached hydrogen (secondary N) is 3. The zero-order valence-electron chi connectivity index (χ0n) is 23.1. The molecule has 0 bridgehead atoms. The highest BCUT2D eigenvalue weighted by Crippen LogP contribution is 2.37. The van der Waals surface area contributed by atoms with Crippen molar-refractivity contribution >= 4 is 38.3 Å². The van der Waals surface area contributed by atoms with E-state index in [1.165, 1.54) is 7.11 Å². The van der Waals surface area contributed by atoms with Gasteiger partial charge in [-0.3, -0.25) is 15.5 Å². The van der Waals surface area contributed by atoms with E-state index in [0.29, 0.717) is 25.7 Å². The van der Waals surface area contributed by atoms with Crippen LogP contribution >= 0.6 is 0 Å². The average Bonchev–Trinajstić information content (AvgIpc) is 2.68. The maximum Gasteiger partial charge on any atom is 0.417 e. The smallest absolute Gasteiger partial charge is 0.417 e. The van der Waals surface area contributed by atoms with E-state index in [2.05, 4.69) is 5.32 Å². The predicted molar refractivity (Wildman–Crippen MR) is 137 cm³/mol. The molecule has 0 heterocycles. The van der Waals surface area contributed by atoms with Crippen molar-refractivity contribution in [1.82, 2.24) is 15.5 Å². The van der Waals surface area contributed by atoms with E-state index in [4.69, 9.17) is 24.4 Å². The van der Waals surface area contributed by atoms with Crippen molar-refractivity contribution in [3.63, 3.8) is 0 Å². The molecule has 0 radical (unpaired) electrons. The second-order valence-electron chi connectivity index (χ2n) is 10.9. The number of hydrogen-bond acceptors (Lipinski definition) is 8. The third kappa shape index (κ3) is 12.9. The minimum Gasteiger partial charge on any atom is -0.466 e. The second-order valence-corrected chi connectivity index (χ2v) is 15.7. The number of amides is 3. The summed E-state index contributed by atoms with van der Waals surface area (Å²) in [4.78, 5) is 48.7. The Morgan fingerprint density at radius 3 is 2.03 bits per heavy atom. The van der Waals surface area contributed by atoms with Crippen molar-refractivity contribution in [2.45, 2.75) is 104 Å². The first-order valence-electron chi connectivity index (χ1n) is 11.9. The van der Waals surface area contributed by atoms with E-state index in [0.717, 1.165) is 4.90 Å². The largest absolute Gasteiger partial charge is 0.466 e. The fourth-order valence-corrected chi connectivity index (χ4v) is 3.72. The van der Waals surface area contributed by atoms with Crippen molar-refractivity contribution in [3.8, 4) is 0 Å². The van der Waals surface area contributed by atoms with Gasteiger partial charge in [-0.05, 0) is 51.7 Å². The molecular formula is C23H44N4O8Si. The predicted octanol–water partition coefficient (Wildman–Crippen LogP) is 4.01. The van der Waals surface area contributed by atoms with Crippen LogP contribution in [0.1, 0.15) is 73.6 Å². The second kappa shape index (κ2) is 14.2. The van der Waals surface area contributed by atoms with Crippen LogP contribution in [-0.2, 0) is 23.5 Å². The number of hydrogen-bond donors (Lipinski definition) is 4. The van der Waals surface area contributed by atoms with Gasteiger partial charge >= 0.3 is 18.2 Å². The van der Waals surface area contributed by atoms with Gasteiger partial charge in [0.2, 0.25) is 18.1 Å². The average molecular weight is 533 g/mol. The van der Waals surface area contributed by atoms with E-state index in [-0.39, 0.29) is 23.9 Å². The van der Waals surface area contributed by atoms with Gasteiger partial charge in [-0.15, -0.1) is 0 Å². The van der Waals surface area contributed by atoms with Crippen molar-refractivity contribution in [2.24, 2.45) is 0 Å². The summed E-state index contributed by atoms with van der Waals surface area (Å²) < 4.78 is 16.1. The minimum absolute atomic E-state index is 0.0744. The maximum atomic E-state index is 12.4. The van der Waals surface area contributed by atoms with Crippen LogP contribution in [0.4, 0.5) is 9.59 Å². The number of rotatable bonds is 11. The van der Waals surface area contributed by atoms with Gasteiger partial charge in [0, 0.05) is 13.0 Å². The standard InChI is InChI=1S/C23H44N4O8Si/c1-22(2,3)34-21(32)27(19(24)26-20(30)31)15-13-11-10-12-14-16(28)25-17(18(29)33-7)35-36(8,9)23(4,5)6/h17H,10-15H2,1-9H3,(H2,24,26)(H,25,28)(H,30,31). The fourth-order valence-electron chi connectivity index (χ4n) is 2.62. The van der Waals surface area contributed by atoms with Gasteiger partial charge in [-0.1, -0.05) is 33.6 Å². The normalized spacial score (nSPS) is 12.8. The molecule has 13 heteroatoms. The summed E-state index contributed by atoms with van der Waals surface area (Å²) in [6, 6.07) is 0. The van der Waals surface area contributed by atoms with Crippen LogP contribution in [0, 0.1) is 5.41 Å². The number of carbonyl (C=O) groups excluding carboxylic acids is 3. The van der Waals surface area contributed by atoms with Crippen LogP contribution in [0.3, 0.4) is 0 Å². The summed E-state index contributed by atoms with van der Waals surface area (Å²) in [6.45, 7) is 15.1. The van der Waals surface area contributed by atoms with Crippen LogP contribution in [0.15, 0.2) is 0 Å². The van der Waals surface area contributed by atoms with Crippen LogP contribution in [0.2, 0.25) is 18.1 Å². The quantitative estimate of drug-likeness (QED) is 0.0773. The highest BCUT2D eigenvalue weighted by molar-refractivity contribution is 6.74.